The minimum atomic E-state index is -0.937. The van der Waals surface area contributed by atoms with E-state index in [-0.39, 0.29) is 25.4 Å². The van der Waals surface area contributed by atoms with E-state index in [1.165, 1.54) is 17.0 Å². The summed E-state index contributed by atoms with van der Waals surface area (Å²) in [6.07, 6.45) is -1.87. The van der Waals surface area contributed by atoms with Crippen LogP contribution in [0.1, 0.15) is 0 Å². The Morgan fingerprint density at radius 3 is 2.63 bits per heavy atom. The van der Waals surface area contributed by atoms with Gasteiger partial charge in [-0.25, -0.2) is 4.39 Å². The molecule has 1 amide bonds. The second-order valence-corrected chi connectivity index (χ2v) is 5.21. The molecule has 1 fully saturated rings. The molecule has 7 heteroatoms. The van der Waals surface area contributed by atoms with Gasteiger partial charge in [-0.15, -0.1) is 0 Å². The highest BCUT2D eigenvalue weighted by Crippen LogP contribution is 2.21. The Morgan fingerprint density at radius 1 is 1.42 bits per heavy atom. The minimum Gasteiger partial charge on any atom is -0.481 e. The monoisotopic (exact) mass is 333 g/mol. The van der Waals surface area contributed by atoms with Gasteiger partial charge in [-0.2, -0.15) is 0 Å². The lowest BCUT2D eigenvalue weighted by Gasteiger charge is -2.15. The molecule has 0 aromatic heterocycles. The number of halogens is 2. The van der Waals surface area contributed by atoms with Gasteiger partial charge < -0.3 is 19.8 Å². The molecule has 0 radical (unpaired) electrons. The van der Waals surface area contributed by atoms with E-state index in [1.807, 2.05) is 0 Å². The number of carbonyl (C=O) groups excluding carboxylic acids is 1. The number of hydrogen-bond acceptors (Lipinski definition) is 4. The third kappa shape index (κ3) is 3.43. The lowest BCUT2D eigenvalue weighted by Crippen LogP contribution is -2.34. The number of aliphatic hydroxyl groups excluding tert-OH is 2. The van der Waals surface area contributed by atoms with Gasteiger partial charge in [-0.05, 0) is 18.2 Å². The van der Waals surface area contributed by atoms with E-state index in [0.29, 0.717) is 4.47 Å². The normalized spacial score (nSPS) is 22.6. The Morgan fingerprint density at radius 2 is 2.05 bits per heavy atom. The van der Waals surface area contributed by atoms with Crippen LogP contribution < -0.4 is 4.74 Å². The Balaban J connectivity index is 1.90. The van der Waals surface area contributed by atoms with Crippen LogP contribution in [0.5, 0.6) is 5.75 Å². The number of hydrogen-bond donors (Lipinski definition) is 2. The molecule has 0 aliphatic carbocycles. The Kier molecular flexibility index (Phi) is 4.38. The van der Waals surface area contributed by atoms with E-state index in [0.717, 1.165) is 0 Å². The van der Waals surface area contributed by atoms with Crippen molar-refractivity contribution in [3.63, 3.8) is 0 Å². The van der Waals surface area contributed by atoms with E-state index >= 15 is 0 Å². The van der Waals surface area contributed by atoms with E-state index in [4.69, 9.17) is 4.74 Å². The minimum absolute atomic E-state index is 0.0168. The number of carbonyl (C=O) groups is 1. The van der Waals surface area contributed by atoms with Crippen molar-refractivity contribution in [3.8, 4) is 5.75 Å². The van der Waals surface area contributed by atoms with Crippen LogP contribution >= 0.6 is 15.9 Å². The first-order valence-electron chi connectivity index (χ1n) is 5.69. The molecule has 2 rings (SSSR count). The molecular formula is C12H13BrFNO4. The van der Waals surface area contributed by atoms with Gasteiger partial charge in [0.05, 0.1) is 12.2 Å². The van der Waals surface area contributed by atoms with Crippen molar-refractivity contribution >= 4 is 21.8 Å². The van der Waals surface area contributed by atoms with Crippen molar-refractivity contribution in [1.29, 1.82) is 0 Å². The highest BCUT2D eigenvalue weighted by molar-refractivity contribution is 9.10. The molecule has 104 valence electrons. The fourth-order valence-corrected chi connectivity index (χ4v) is 2.13. The smallest absolute Gasteiger partial charge is 0.260 e. The molecule has 0 saturated carbocycles. The van der Waals surface area contributed by atoms with Crippen LogP contribution in [0.3, 0.4) is 0 Å². The van der Waals surface area contributed by atoms with Crippen LogP contribution in [0.2, 0.25) is 0 Å². The summed E-state index contributed by atoms with van der Waals surface area (Å²) >= 11 is 3.12. The Labute approximate surface area is 117 Å². The van der Waals surface area contributed by atoms with Crippen molar-refractivity contribution in [3.05, 3.63) is 28.5 Å². The second kappa shape index (κ2) is 5.85. The third-order valence-corrected chi connectivity index (χ3v) is 3.35. The highest BCUT2D eigenvalue weighted by Gasteiger charge is 2.32. The molecule has 1 saturated heterocycles. The number of benzene rings is 1. The lowest BCUT2D eigenvalue weighted by molar-refractivity contribution is -0.132. The maximum Gasteiger partial charge on any atom is 0.260 e. The second-order valence-electron chi connectivity index (χ2n) is 4.30. The standard InChI is InChI=1S/C12H13BrFNO4/c13-7-1-2-11(8(14)3-7)19-6-12(18)15-4-9(16)10(17)5-15/h1-3,9-10,16-17H,4-6H2. The summed E-state index contributed by atoms with van der Waals surface area (Å²) in [5.41, 5.74) is 0. The molecular weight excluding hydrogens is 321 g/mol. The van der Waals surface area contributed by atoms with Crippen LogP contribution in [0.4, 0.5) is 4.39 Å². The fraction of sp³-hybridized carbons (Fsp3) is 0.417. The lowest BCUT2D eigenvalue weighted by atomic mass is 10.3. The van der Waals surface area contributed by atoms with Gasteiger partial charge in [0.15, 0.2) is 18.2 Å². The number of likely N-dealkylation sites (tertiary alicyclic amines) is 1. The molecule has 1 aliphatic heterocycles. The molecule has 0 spiro atoms. The van der Waals surface area contributed by atoms with Gasteiger partial charge in [0.25, 0.3) is 5.91 Å². The van der Waals surface area contributed by atoms with Gasteiger partial charge in [0.1, 0.15) is 0 Å². The molecule has 2 N–H and O–H groups in total. The van der Waals surface area contributed by atoms with Crippen molar-refractivity contribution < 1.29 is 24.1 Å². The number of nitrogens with zero attached hydrogens (tertiary/aromatic N) is 1. The largest absolute Gasteiger partial charge is 0.481 e. The summed E-state index contributed by atoms with van der Waals surface area (Å²) in [5, 5.41) is 18.7. The van der Waals surface area contributed by atoms with Crippen molar-refractivity contribution in [1.82, 2.24) is 4.90 Å². The van der Waals surface area contributed by atoms with Gasteiger partial charge in [-0.3, -0.25) is 4.79 Å². The van der Waals surface area contributed by atoms with Crippen LogP contribution in [0, 0.1) is 5.82 Å². The predicted octanol–water partition coefficient (Wildman–Crippen LogP) is 0.531. The van der Waals surface area contributed by atoms with Crippen LogP contribution in [-0.2, 0) is 4.79 Å². The van der Waals surface area contributed by atoms with E-state index in [1.54, 1.807) is 6.07 Å². The Bertz CT molecular complexity index is 475. The molecule has 19 heavy (non-hydrogen) atoms. The van der Waals surface area contributed by atoms with Gasteiger partial charge in [-0.1, -0.05) is 15.9 Å². The number of ether oxygens (including phenoxy) is 1. The number of rotatable bonds is 3. The topological polar surface area (TPSA) is 70.0 Å². The van der Waals surface area contributed by atoms with Gasteiger partial charge >= 0.3 is 0 Å². The van der Waals surface area contributed by atoms with E-state index in [9.17, 15) is 19.4 Å². The molecule has 1 heterocycles. The summed E-state index contributed by atoms with van der Waals surface area (Å²) in [5.74, 6) is -0.988. The van der Waals surface area contributed by atoms with Gasteiger partial charge in [0.2, 0.25) is 0 Å². The molecule has 5 nitrogen and oxygen atoms in total. The maximum absolute atomic E-state index is 13.4. The first kappa shape index (κ1) is 14.2. The zero-order valence-electron chi connectivity index (χ0n) is 9.92. The molecule has 1 aliphatic rings. The fourth-order valence-electron chi connectivity index (χ4n) is 1.80. The highest BCUT2D eigenvalue weighted by atomic mass is 79.9. The average Bonchev–Trinajstić information content (AvgIpc) is 2.68. The van der Waals surface area contributed by atoms with Crippen molar-refractivity contribution in [2.75, 3.05) is 19.7 Å². The van der Waals surface area contributed by atoms with E-state index < -0.39 is 23.9 Å². The van der Waals surface area contributed by atoms with Gasteiger partial charge in [0, 0.05) is 17.6 Å². The zero-order valence-corrected chi connectivity index (χ0v) is 11.5. The predicted molar refractivity (Wildman–Crippen MR) is 68.2 cm³/mol. The molecule has 2 atom stereocenters. The maximum atomic E-state index is 13.4. The quantitative estimate of drug-likeness (QED) is 0.846. The summed E-state index contributed by atoms with van der Waals surface area (Å²) in [4.78, 5) is 13.0. The number of amides is 1. The summed E-state index contributed by atoms with van der Waals surface area (Å²) in [7, 11) is 0. The van der Waals surface area contributed by atoms with Crippen LogP contribution in [0.15, 0.2) is 22.7 Å². The average molecular weight is 334 g/mol. The number of β-amino-alcohol motifs (C(OH)–C–C–N with tert-alkyl or cyclic N) is 2. The number of aliphatic hydroxyl groups is 2. The summed E-state index contributed by atoms with van der Waals surface area (Å²) in [6, 6.07) is 4.26. The summed E-state index contributed by atoms with van der Waals surface area (Å²) < 4.78 is 19.1. The Hall–Kier alpha value is -1.18. The van der Waals surface area contributed by atoms with E-state index in [2.05, 4.69) is 15.9 Å². The van der Waals surface area contributed by atoms with Crippen LogP contribution in [-0.4, -0.2) is 52.9 Å². The van der Waals surface area contributed by atoms with Crippen molar-refractivity contribution in [2.24, 2.45) is 0 Å². The SMILES string of the molecule is O=C(COc1ccc(Br)cc1F)N1CC(O)C(O)C1. The summed E-state index contributed by atoms with van der Waals surface area (Å²) in [6.45, 7) is -0.212. The van der Waals surface area contributed by atoms with Crippen LogP contribution in [0.25, 0.3) is 0 Å². The zero-order chi connectivity index (χ0) is 14.0. The third-order valence-electron chi connectivity index (χ3n) is 2.86. The first-order valence-corrected chi connectivity index (χ1v) is 6.48. The first-order chi connectivity index (χ1) is 8.97. The molecule has 1 aromatic carbocycles. The molecule has 0 bridgehead atoms. The van der Waals surface area contributed by atoms with Crippen molar-refractivity contribution in [2.45, 2.75) is 12.2 Å². The molecule has 2 unspecified atom stereocenters. The molecule has 1 aromatic rings.